The van der Waals surface area contributed by atoms with Gasteiger partial charge in [0.25, 0.3) is 0 Å². The lowest BCUT2D eigenvalue weighted by molar-refractivity contribution is -0.117. The van der Waals surface area contributed by atoms with Crippen LogP contribution in [0.3, 0.4) is 0 Å². The molecule has 1 heterocycles. The van der Waals surface area contributed by atoms with Gasteiger partial charge in [0.2, 0.25) is 5.91 Å². The van der Waals surface area contributed by atoms with Crippen LogP contribution in [0.25, 0.3) is 0 Å². The van der Waals surface area contributed by atoms with Crippen LogP contribution in [-0.4, -0.2) is 17.6 Å². The van der Waals surface area contributed by atoms with E-state index in [1.807, 2.05) is 0 Å². The zero-order valence-electron chi connectivity index (χ0n) is 8.69. The Morgan fingerprint density at radius 1 is 1.56 bits per heavy atom. The lowest BCUT2D eigenvalue weighted by Crippen LogP contribution is -2.24. The van der Waals surface area contributed by atoms with Gasteiger partial charge in [-0.3, -0.25) is 4.79 Å². The van der Waals surface area contributed by atoms with E-state index in [0.717, 1.165) is 0 Å². The van der Waals surface area contributed by atoms with E-state index in [9.17, 15) is 9.90 Å². The Morgan fingerprint density at radius 3 is 2.94 bits per heavy atom. The number of para-hydroxylation sites is 1. The van der Waals surface area contributed by atoms with Crippen molar-refractivity contribution in [3.05, 3.63) is 35.3 Å². The van der Waals surface area contributed by atoms with Crippen molar-refractivity contribution in [3.63, 3.8) is 0 Å². The Hall–Kier alpha value is -1.29. The molecule has 1 unspecified atom stereocenters. The molecule has 1 aliphatic heterocycles. The molecule has 1 atom stereocenters. The summed E-state index contributed by atoms with van der Waals surface area (Å²) < 4.78 is 0.597. The molecule has 4 heteroatoms. The topological polar surface area (TPSA) is 40.5 Å². The van der Waals surface area contributed by atoms with Gasteiger partial charge in [-0.1, -0.05) is 12.1 Å². The van der Waals surface area contributed by atoms with Gasteiger partial charge in [0.05, 0.1) is 10.2 Å². The summed E-state index contributed by atoms with van der Waals surface area (Å²) in [4.78, 5) is 13.4. The van der Waals surface area contributed by atoms with E-state index in [4.69, 9.17) is 0 Å². The van der Waals surface area contributed by atoms with Crippen LogP contribution in [0, 0.1) is 5.92 Å². The molecule has 16 heavy (non-hydrogen) atoms. The second kappa shape index (κ2) is 4.29. The molecule has 1 amide bonds. The predicted molar refractivity (Wildman–Crippen MR) is 66.5 cm³/mol. The van der Waals surface area contributed by atoms with E-state index < -0.39 is 0 Å². The highest BCUT2D eigenvalue weighted by molar-refractivity contribution is 9.10. The second-order valence-corrected chi connectivity index (χ2v) is 4.67. The van der Waals surface area contributed by atoms with Crippen LogP contribution < -0.4 is 4.90 Å². The van der Waals surface area contributed by atoms with Gasteiger partial charge in [0.1, 0.15) is 0 Å². The number of hydrogen-bond acceptors (Lipinski definition) is 2. The molecule has 1 N–H and O–H groups in total. The van der Waals surface area contributed by atoms with Crippen molar-refractivity contribution in [2.75, 3.05) is 11.4 Å². The largest absolute Gasteiger partial charge is 0.505 e. The normalized spacial score (nSPS) is 20.2. The molecule has 84 valence electrons. The zero-order valence-corrected chi connectivity index (χ0v) is 10.3. The second-order valence-electron chi connectivity index (χ2n) is 3.81. The van der Waals surface area contributed by atoms with Gasteiger partial charge in [-0.2, -0.15) is 0 Å². The molecule has 1 fully saturated rings. The first-order valence-corrected chi connectivity index (χ1v) is 5.83. The minimum absolute atomic E-state index is 0.0262. The van der Waals surface area contributed by atoms with Crippen molar-refractivity contribution in [3.8, 4) is 5.75 Å². The average Bonchev–Trinajstić information content (AvgIpc) is 2.64. The van der Waals surface area contributed by atoms with Crippen LogP contribution in [0.4, 0.5) is 5.69 Å². The number of carbonyl (C=O) groups excluding carboxylic acids is 1. The third-order valence-corrected chi connectivity index (χ3v) is 3.38. The van der Waals surface area contributed by atoms with Gasteiger partial charge >= 0.3 is 0 Å². The first kappa shape index (κ1) is 11.2. The quantitative estimate of drug-likeness (QED) is 0.847. The Bertz CT molecular complexity index is 445. The summed E-state index contributed by atoms with van der Waals surface area (Å²) in [7, 11) is 0. The number of benzene rings is 1. The average molecular weight is 282 g/mol. The standard InChI is InChI=1S/C12H12BrNO2/c1-2-8-6-11(15)14(7-8)10-5-3-4-9(13)12(10)16/h2-5,8,16H,1,6-7H2. The number of halogens is 1. The Morgan fingerprint density at radius 2 is 2.31 bits per heavy atom. The molecule has 0 radical (unpaired) electrons. The molecule has 0 aliphatic carbocycles. The van der Waals surface area contributed by atoms with Crippen LogP contribution in [0.5, 0.6) is 5.75 Å². The van der Waals surface area contributed by atoms with Crippen molar-refractivity contribution < 1.29 is 9.90 Å². The van der Waals surface area contributed by atoms with Crippen molar-refractivity contribution in [2.24, 2.45) is 5.92 Å². The fourth-order valence-corrected chi connectivity index (χ4v) is 2.20. The lowest BCUT2D eigenvalue weighted by Gasteiger charge is -2.18. The Kier molecular flexibility index (Phi) is 3.01. The molecule has 1 aromatic rings. The van der Waals surface area contributed by atoms with E-state index in [1.165, 1.54) is 0 Å². The van der Waals surface area contributed by atoms with Crippen molar-refractivity contribution >= 4 is 27.5 Å². The maximum atomic E-state index is 11.8. The molecular weight excluding hydrogens is 270 g/mol. The fraction of sp³-hybridized carbons (Fsp3) is 0.250. The molecule has 1 saturated heterocycles. The number of nitrogens with zero attached hydrogens (tertiary/aromatic N) is 1. The van der Waals surface area contributed by atoms with Crippen LogP contribution in [0.15, 0.2) is 35.3 Å². The highest BCUT2D eigenvalue weighted by Crippen LogP contribution is 2.37. The van der Waals surface area contributed by atoms with E-state index in [2.05, 4.69) is 22.5 Å². The van der Waals surface area contributed by atoms with Gasteiger partial charge in [-0.25, -0.2) is 0 Å². The summed E-state index contributed by atoms with van der Waals surface area (Å²) in [6.07, 6.45) is 2.25. The number of amides is 1. The minimum Gasteiger partial charge on any atom is -0.505 e. The van der Waals surface area contributed by atoms with E-state index in [-0.39, 0.29) is 17.6 Å². The fourth-order valence-electron chi connectivity index (χ4n) is 1.85. The molecule has 0 spiro atoms. The third kappa shape index (κ3) is 1.85. The van der Waals surface area contributed by atoms with E-state index >= 15 is 0 Å². The zero-order chi connectivity index (χ0) is 11.7. The van der Waals surface area contributed by atoms with Crippen LogP contribution in [0.2, 0.25) is 0 Å². The first-order chi connectivity index (χ1) is 7.63. The maximum Gasteiger partial charge on any atom is 0.227 e. The molecule has 0 aromatic heterocycles. The van der Waals surface area contributed by atoms with E-state index in [1.54, 1.807) is 29.2 Å². The number of phenols is 1. The molecule has 2 rings (SSSR count). The van der Waals surface area contributed by atoms with Crippen molar-refractivity contribution in [2.45, 2.75) is 6.42 Å². The minimum atomic E-state index is 0.0262. The predicted octanol–water partition coefficient (Wildman–Crippen LogP) is 2.69. The van der Waals surface area contributed by atoms with Crippen LogP contribution in [0.1, 0.15) is 6.42 Å². The molecule has 0 saturated carbocycles. The Labute approximate surface area is 103 Å². The van der Waals surface area contributed by atoms with Crippen LogP contribution in [-0.2, 0) is 4.79 Å². The summed E-state index contributed by atoms with van der Waals surface area (Å²) in [6.45, 7) is 4.28. The van der Waals surface area contributed by atoms with Gasteiger partial charge in [0.15, 0.2) is 5.75 Å². The van der Waals surface area contributed by atoms with Crippen molar-refractivity contribution in [1.29, 1.82) is 0 Å². The molecular formula is C12H12BrNO2. The van der Waals surface area contributed by atoms with Gasteiger partial charge in [-0.15, -0.1) is 6.58 Å². The third-order valence-electron chi connectivity index (χ3n) is 2.74. The van der Waals surface area contributed by atoms with Gasteiger partial charge < -0.3 is 10.0 Å². The summed E-state index contributed by atoms with van der Waals surface area (Å²) in [5.41, 5.74) is 0.559. The summed E-state index contributed by atoms with van der Waals surface area (Å²) in [5.74, 6) is 0.310. The Balaban J connectivity index is 2.35. The van der Waals surface area contributed by atoms with Crippen LogP contribution >= 0.6 is 15.9 Å². The highest BCUT2D eigenvalue weighted by Gasteiger charge is 2.30. The summed E-state index contributed by atoms with van der Waals surface area (Å²) in [6, 6.07) is 5.28. The smallest absolute Gasteiger partial charge is 0.227 e. The lowest BCUT2D eigenvalue weighted by atomic mass is 10.1. The number of anilines is 1. The highest BCUT2D eigenvalue weighted by atomic mass is 79.9. The number of carbonyl (C=O) groups is 1. The number of phenolic OH excluding ortho intramolecular Hbond substituents is 1. The van der Waals surface area contributed by atoms with E-state index in [0.29, 0.717) is 23.1 Å². The molecule has 3 nitrogen and oxygen atoms in total. The number of aromatic hydroxyl groups is 1. The summed E-state index contributed by atoms with van der Waals surface area (Å²) >= 11 is 3.24. The maximum absolute atomic E-state index is 11.8. The molecule has 1 aliphatic rings. The van der Waals surface area contributed by atoms with Gasteiger partial charge in [0, 0.05) is 18.9 Å². The van der Waals surface area contributed by atoms with Gasteiger partial charge in [-0.05, 0) is 28.1 Å². The van der Waals surface area contributed by atoms with Crippen molar-refractivity contribution in [1.82, 2.24) is 0 Å². The first-order valence-electron chi connectivity index (χ1n) is 5.04. The molecule has 1 aromatic carbocycles. The summed E-state index contributed by atoms with van der Waals surface area (Å²) in [5, 5.41) is 9.87. The molecule has 0 bridgehead atoms. The monoisotopic (exact) mass is 281 g/mol. The number of hydrogen-bond donors (Lipinski definition) is 1. The number of rotatable bonds is 2. The SMILES string of the molecule is C=CC1CC(=O)N(c2cccc(Br)c2O)C1.